The molecule has 0 aliphatic carbocycles. The van der Waals surface area contributed by atoms with Crippen LogP contribution in [0.4, 0.5) is 0 Å². The summed E-state index contributed by atoms with van der Waals surface area (Å²) in [4.78, 5) is 39.6. The van der Waals surface area contributed by atoms with Gasteiger partial charge in [0.2, 0.25) is 5.78 Å². The fourth-order valence-corrected chi connectivity index (χ4v) is 2.71. The van der Waals surface area contributed by atoms with Crippen molar-refractivity contribution in [2.75, 3.05) is 7.11 Å². The number of hydrogen-bond donors (Lipinski definition) is 2. The molecule has 0 fully saturated rings. The van der Waals surface area contributed by atoms with E-state index in [4.69, 9.17) is 9.47 Å². The summed E-state index contributed by atoms with van der Waals surface area (Å²) in [7, 11) is 1.26. The quantitative estimate of drug-likeness (QED) is 0.628. The SMILES string of the molecule is COC(=O)c1c(C)[nH]c(C(=O)[C@H](C)OC(=O)c2cccc(C)c2O)c1C. The number of ketones is 1. The number of hydrogen-bond acceptors (Lipinski definition) is 6. The number of carbonyl (C=O) groups is 3. The Bertz CT molecular complexity index is 880. The number of nitrogens with one attached hydrogen (secondary N) is 1. The molecule has 1 heterocycles. The van der Waals surface area contributed by atoms with Gasteiger partial charge < -0.3 is 19.6 Å². The normalized spacial score (nSPS) is 11.7. The van der Waals surface area contributed by atoms with E-state index in [1.807, 2.05) is 0 Å². The maximum Gasteiger partial charge on any atom is 0.342 e. The van der Waals surface area contributed by atoms with E-state index in [9.17, 15) is 19.5 Å². The first kappa shape index (κ1) is 19.2. The van der Waals surface area contributed by atoms with Gasteiger partial charge in [-0.2, -0.15) is 0 Å². The second-order valence-electron chi connectivity index (χ2n) is 6.00. The molecule has 1 atom stereocenters. The fourth-order valence-electron chi connectivity index (χ4n) is 2.71. The van der Waals surface area contributed by atoms with Crippen LogP contribution in [0.3, 0.4) is 0 Å². The minimum absolute atomic E-state index is 0.0145. The van der Waals surface area contributed by atoms with E-state index in [1.54, 1.807) is 32.9 Å². The van der Waals surface area contributed by atoms with Crippen molar-refractivity contribution in [1.82, 2.24) is 4.98 Å². The summed E-state index contributed by atoms with van der Waals surface area (Å²) in [6.45, 7) is 6.35. The highest BCUT2D eigenvalue weighted by Gasteiger charge is 2.28. The minimum Gasteiger partial charge on any atom is -0.507 e. The summed E-state index contributed by atoms with van der Waals surface area (Å²) >= 11 is 0. The van der Waals surface area contributed by atoms with Gasteiger partial charge in [0.25, 0.3) is 0 Å². The zero-order chi connectivity index (χ0) is 19.6. The first-order valence-electron chi connectivity index (χ1n) is 8.00. The molecular weight excluding hydrogens is 338 g/mol. The number of aromatic hydroxyl groups is 1. The zero-order valence-electron chi connectivity index (χ0n) is 15.3. The molecule has 0 spiro atoms. The van der Waals surface area contributed by atoms with Crippen molar-refractivity contribution < 1.29 is 29.0 Å². The van der Waals surface area contributed by atoms with E-state index in [2.05, 4.69) is 4.98 Å². The molecule has 7 nitrogen and oxygen atoms in total. The number of phenols is 1. The second-order valence-corrected chi connectivity index (χ2v) is 6.00. The number of aromatic amines is 1. The molecule has 0 unspecified atom stereocenters. The Morgan fingerprint density at radius 2 is 1.77 bits per heavy atom. The van der Waals surface area contributed by atoms with E-state index >= 15 is 0 Å². The van der Waals surface area contributed by atoms with Gasteiger partial charge in [0, 0.05) is 5.69 Å². The van der Waals surface area contributed by atoms with Crippen molar-refractivity contribution in [3.63, 3.8) is 0 Å². The number of H-pyrrole nitrogens is 1. The summed E-state index contributed by atoms with van der Waals surface area (Å²) in [6.07, 6.45) is -1.11. The summed E-state index contributed by atoms with van der Waals surface area (Å²) in [5, 5.41) is 9.97. The first-order valence-corrected chi connectivity index (χ1v) is 8.00. The Balaban J connectivity index is 2.24. The average molecular weight is 359 g/mol. The first-order chi connectivity index (χ1) is 12.2. The number of phenolic OH excluding ortho intramolecular Hbond substituents is 1. The topological polar surface area (TPSA) is 106 Å². The van der Waals surface area contributed by atoms with Gasteiger partial charge >= 0.3 is 11.9 Å². The molecule has 2 aromatic rings. The molecule has 2 N–H and O–H groups in total. The maximum absolute atomic E-state index is 12.6. The van der Waals surface area contributed by atoms with Gasteiger partial charge in [0.05, 0.1) is 18.4 Å². The molecule has 138 valence electrons. The van der Waals surface area contributed by atoms with Crippen LogP contribution < -0.4 is 0 Å². The number of aromatic nitrogens is 1. The lowest BCUT2D eigenvalue weighted by molar-refractivity contribution is 0.0314. The Morgan fingerprint density at radius 1 is 1.12 bits per heavy atom. The summed E-state index contributed by atoms with van der Waals surface area (Å²) in [5.74, 6) is -2.02. The molecule has 0 amide bonds. The lowest BCUT2D eigenvalue weighted by Crippen LogP contribution is -2.25. The summed E-state index contributed by atoms with van der Waals surface area (Å²) in [6, 6.07) is 4.68. The number of Topliss-reactive ketones (excluding diaryl/α,β-unsaturated/α-hetero) is 1. The highest BCUT2D eigenvalue weighted by atomic mass is 16.5. The van der Waals surface area contributed by atoms with Crippen LogP contribution in [0.1, 0.15) is 54.9 Å². The van der Waals surface area contributed by atoms with Gasteiger partial charge in [-0.05, 0) is 44.9 Å². The molecule has 0 aliphatic heterocycles. The van der Waals surface area contributed by atoms with Crippen LogP contribution in [0.25, 0.3) is 0 Å². The third-order valence-corrected chi connectivity index (χ3v) is 4.18. The molecule has 0 saturated heterocycles. The molecule has 26 heavy (non-hydrogen) atoms. The predicted molar refractivity (Wildman–Crippen MR) is 93.7 cm³/mol. The lowest BCUT2D eigenvalue weighted by atomic mass is 10.1. The number of ether oxygens (including phenoxy) is 2. The van der Waals surface area contributed by atoms with Gasteiger partial charge in [-0.1, -0.05) is 12.1 Å². The van der Waals surface area contributed by atoms with Crippen LogP contribution in [-0.4, -0.2) is 41.0 Å². The van der Waals surface area contributed by atoms with Crippen molar-refractivity contribution in [2.24, 2.45) is 0 Å². The monoisotopic (exact) mass is 359 g/mol. The minimum atomic E-state index is -1.11. The van der Waals surface area contributed by atoms with Gasteiger partial charge in [-0.25, -0.2) is 9.59 Å². The maximum atomic E-state index is 12.6. The smallest absolute Gasteiger partial charge is 0.342 e. The highest BCUT2D eigenvalue weighted by molar-refractivity contribution is 6.04. The largest absolute Gasteiger partial charge is 0.507 e. The number of esters is 2. The number of carbonyl (C=O) groups excluding carboxylic acids is 3. The number of methoxy groups -OCH3 is 1. The standard InChI is InChI=1S/C19H21NO6/c1-9-7-6-8-13(16(9)21)18(23)26-12(4)17(22)15-10(2)14(11(3)20-15)19(24)25-5/h6-8,12,20-21H,1-5H3/t12-/m0/s1. The molecule has 0 bridgehead atoms. The number of benzene rings is 1. The van der Waals surface area contributed by atoms with Crippen molar-refractivity contribution in [2.45, 2.75) is 33.8 Å². The Hall–Kier alpha value is -3.09. The van der Waals surface area contributed by atoms with Gasteiger partial charge in [-0.3, -0.25) is 4.79 Å². The van der Waals surface area contributed by atoms with E-state index in [0.29, 0.717) is 16.8 Å². The number of para-hydroxylation sites is 1. The van der Waals surface area contributed by atoms with Crippen LogP contribution in [0.15, 0.2) is 18.2 Å². The van der Waals surface area contributed by atoms with Crippen LogP contribution in [0, 0.1) is 20.8 Å². The van der Waals surface area contributed by atoms with E-state index < -0.39 is 23.8 Å². The highest BCUT2D eigenvalue weighted by Crippen LogP contribution is 2.24. The summed E-state index contributed by atoms with van der Waals surface area (Å²) < 4.78 is 9.91. The Labute approximate surface area is 150 Å². The molecule has 7 heteroatoms. The van der Waals surface area contributed by atoms with Crippen LogP contribution in [-0.2, 0) is 9.47 Å². The predicted octanol–water partition coefficient (Wildman–Crippen LogP) is 2.86. The van der Waals surface area contributed by atoms with Crippen LogP contribution in [0.2, 0.25) is 0 Å². The second kappa shape index (κ2) is 7.43. The van der Waals surface area contributed by atoms with Crippen molar-refractivity contribution in [1.29, 1.82) is 0 Å². The van der Waals surface area contributed by atoms with E-state index in [0.717, 1.165) is 0 Å². The van der Waals surface area contributed by atoms with Crippen LogP contribution >= 0.6 is 0 Å². The van der Waals surface area contributed by atoms with Gasteiger partial charge in [-0.15, -0.1) is 0 Å². The summed E-state index contributed by atoms with van der Waals surface area (Å²) in [5.41, 5.74) is 1.90. The molecule has 1 aromatic carbocycles. The average Bonchev–Trinajstić information content (AvgIpc) is 2.90. The molecule has 0 radical (unpaired) electrons. The number of rotatable bonds is 5. The molecule has 2 rings (SSSR count). The Kier molecular flexibility index (Phi) is 5.50. The van der Waals surface area contributed by atoms with Crippen molar-refractivity contribution in [3.8, 4) is 5.75 Å². The van der Waals surface area contributed by atoms with E-state index in [-0.39, 0.29) is 22.6 Å². The lowest BCUT2D eigenvalue weighted by Gasteiger charge is -2.13. The fraction of sp³-hybridized carbons (Fsp3) is 0.316. The number of aryl methyl sites for hydroxylation is 2. The van der Waals surface area contributed by atoms with Crippen molar-refractivity contribution >= 4 is 17.7 Å². The molecule has 0 aliphatic rings. The third kappa shape index (κ3) is 3.46. The molecule has 0 saturated carbocycles. The third-order valence-electron chi connectivity index (χ3n) is 4.18. The van der Waals surface area contributed by atoms with Gasteiger partial charge in [0.1, 0.15) is 11.3 Å². The zero-order valence-corrected chi connectivity index (χ0v) is 15.3. The van der Waals surface area contributed by atoms with Crippen LogP contribution in [0.5, 0.6) is 5.75 Å². The van der Waals surface area contributed by atoms with E-state index in [1.165, 1.54) is 20.1 Å². The Morgan fingerprint density at radius 3 is 2.38 bits per heavy atom. The van der Waals surface area contributed by atoms with Crippen molar-refractivity contribution in [3.05, 3.63) is 51.8 Å². The molecular formula is C19H21NO6. The van der Waals surface area contributed by atoms with Gasteiger partial charge in [0.15, 0.2) is 6.10 Å². The molecule has 1 aromatic heterocycles.